The average molecular weight is 279 g/mol. The van der Waals surface area contributed by atoms with E-state index in [1.54, 1.807) is 24.3 Å². The first-order valence-corrected chi connectivity index (χ1v) is 7.16. The van der Waals surface area contributed by atoms with Gasteiger partial charge in [-0.2, -0.15) is 9.97 Å². The lowest BCUT2D eigenvalue weighted by atomic mass is 10.4. The maximum absolute atomic E-state index is 5.69. The maximum atomic E-state index is 5.69. The summed E-state index contributed by atoms with van der Waals surface area (Å²) in [5.74, 6) is 1.89. The summed E-state index contributed by atoms with van der Waals surface area (Å²) in [6.07, 6.45) is 5.53. The molecular weight excluding hydrogens is 262 g/mol. The number of thioether (sulfide) groups is 1. The SMILES string of the molecule is CCCCSc1nc(N)nc(CNc2ccoc2)n1. The van der Waals surface area contributed by atoms with Crippen LogP contribution < -0.4 is 11.1 Å². The van der Waals surface area contributed by atoms with Crippen molar-refractivity contribution in [2.24, 2.45) is 0 Å². The summed E-state index contributed by atoms with van der Waals surface area (Å²) in [5.41, 5.74) is 6.58. The topological polar surface area (TPSA) is 89.9 Å². The number of rotatable bonds is 7. The molecule has 0 aliphatic heterocycles. The van der Waals surface area contributed by atoms with Crippen LogP contribution in [0.3, 0.4) is 0 Å². The van der Waals surface area contributed by atoms with Crippen LogP contribution in [-0.4, -0.2) is 20.7 Å². The highest BCUT2D eigenvalue weighted by Gasteiger charge is 2.05. The minimum Gasteiger partial charge on any atom is -0.470 e. The van der Waals surface area contributed by atoms with Crippen LogP contribution >= 0.6 is 11.8 Å². The van der Waals surface area contributed by atoms with Crippen LogP contribution in [0.15, 0.2) is 28.2 Å². The molecule has 0 amide bonds. The number of nitrogens with zero attached hydrogens (tertiary/aromatic N) is 3. The van der Waals surface area contributed by atoms with Crippen molar-refractivity contribution < 1.29 is 4.42 Å². The highest BCUT2D eigenvalue weighted by atomic mass is 32.2. The first kappa shape index (κ1) is 13.7. The molecule has 2 rings (SSSR count). The number of unbranched alkanes of at least 4 members (excludes halogenated alkanes) is 1. The van der Waals surface area contributed by atoms with Gasteiger partial charge >= 0.3 is 0 Å². The number of nitrogens with two attached hydrogens (primary N) is 1. The fourth-order valence-electron chi connectivity index (χ4n) is 1.41. The van der Waals surface area contributed by atoms with Gasteiger partial charge in [0, 0.05) is 5.75 Å². The van der Waals surface area contributed by atoms with Crippen LogP contribution in [-0.2, 0) is 6.54 Å². The molecule has 0 unspecified atom stereocenters. The van der Waals surface area contributed by atoms with Gasteiger partial charge in [-0.15, -0.1) is 0 Å². The third kappa shape index (κ3) is 4.44. The monoisotopic (exact) mass is 279 g/mol. The predicted molar refractivity (Wildman–Crippen MR) is 75.9 cm³/mol. The normalized spacial score (nSPS) is 10.6. The molecule has 0 aromatic carbocycles. The Morgan fingerprint density at radius 3 is 3.00 bits per heavy atom. The zero-order chi connectivity index (χ0) is 13.5. The molecular formula is C12H17N5OS. The first-order chi connectivity index (χ1) is 9.28. The largest absolute Gasteiger partial charge is 0.470 e. The van der Waals surface area contributed by atoms with Gasteiger partial charge in [0.2, 0.25) is 5.95 Å². The Hall–Kier alpha value is -1.76. The summed E-state index contributed by atoms with van der Waals surface area (Å²) < 4.78 is 4.97. The van der Waals surface area contributed by atoms with Gasteiger partial charge < -0.3 is 15.5 Å². The van der Waals surface area contributed by atoms with Crippen LogP contribution in [0.2, 0.25) is 0 Å². The quantitative estimate of drug-likeness (QED) is 0.594. The first-order valence-electron chi connectivity index (χ1n) is 6.17. The lowest BCUT2D eigenvalue weighted by molar-refractivity contribution is 0.568. The van der Waals surface area contributed by atoms with Crippen molar-refractivity contribution in [1.82, 2.24) is 15.0 Å². The molecule has 0 saturated carbocycles. The van der Waals surface area contributed by atoms with Crippen molar-refractivity contribution in [2.45, 2.75) is 31.5 Å². The average Bonchev–Trinajstić information content (AvgIpc) is 2.89. The van der Waals surface area contributed by atoms with E-state index in [4.69, 9.17) is 10.2 Å². The Balaban J connectivity index is 1.95. The predicted octanol–water partition coefficient (Wildman–Crippen LogP) is 2.55. The lowest BCUT2D eigenvalue weighted by Crippen LogP contribution is -2.08. The van der Waals surface area contributed by atoms with Crippen LogP contribution in [0.1, 0.15) is 25.6 Å². The zero-order valence-electron chi connectivity index (χ0n) is 10.8. The molecule has 0 radical (unpaired) electrons. The van der Waals surface area contributed by atoms with E-state index in [1.807, 2.05) is 6.07 Å². The molecule has 3 N–H and O–H groups in total. The molecule has 2 aromatic rings. The molecule has 0 aliphatic carbocycles. The standard InChI is InChI=1S/C12H17N5OS/c1-2-3-6-19-12-16-10(15-11(13)17-12)7-14-9-4-5-18-8-9/h4-5,8,14H,2-3,6-7H2,1H3,(H2,13,15,16,17). The molecule has 102 valence electrons. The van der Waals surface area contributed by atoms with E-state index >= 15 is 0 Å². The Bertz CT molecular complexity index is 503. The maximum Gasteiger partial charge on any atom is 0.224 e. The Labute approximate surface area is 116 Å². The van der Waals surface area contributed by atoms with E-state index in [1.165, 1.54) is 0 Å². The number of nitrogens with one attached hydrogen (secondary N) is 1. The van der Waals surface area contributed by atoms with E-state index < -0.39 is 0 Å². The van der Waals surface area contributed by atoms with Gasteiger partial charge in [0.1, 0.15) is 6.26 Å². The molecule has 6 nitrogen and oxygen atoms in total. The summed E-state index contributed by atoms with van der Waals surface area (Å²) >= 11 is 1.61. The van der Waals surface area contributed by atoms with Gasteiger partial charge in [0.25, 0.3) is 0 Å². The summed E-state index contributed by atoms with van der Waals surface area (Å²) in [6.45, 7) is 2.65. The third-order valence-electron chi connectivity index (χ3n) is 2.38. The van der Waals surface area contributed by atoms with E-state index in [9.17, 15) is 0 Å². The number of furan rings is 1. The fourth-order valence-corrected chi connectivity index (χ4v) is 2.36. The molecule has 0 atom stereocenters. The summed E-state index contributed by atoms with van der Waals surface area (Å²) in [6, 6.07) is 1.83. The number of hydrogen-bond donors (Lipinski definition) is 2. The minimum atomic E-state index is 0.262. The number of anilines is 2. The van der Waals surface area contributed by atoms with Crippen LogP contribution in [0.25, 0.3) is 0 Å². The Morgan fingerprint density at radius 2 is 2.26 bits per heavy atom. The highest BCUT2D eigenvalue weighted by Crippen LogP contribution is 2.16. The van der Waals surface area contributed by atoms with Gasteiger partial charge in [-0.3, -0.25) is 0 Å². The minimum absolute atomic E-state index is 0.262. The van der Waals surface area contributed by atoms with E-state index in [2.05, 4.69) is 27.2 Å². The Kier molecular flexibility index (Phi) is 5.02. The number of hydrogen-bond acceptors (Lipinski definition) is 7. The van der Waals surface area contributed by atoms with E-state index in [-0.39, 0.29) is 5.95 Å². The molecule has 0 fully saturated rings. The van der Waals surface area contributed by atoms with Crippen LogP contribution in [0, 0.1) is 0 Å². The second kappa shape index (κ2) is 6.98. The highest BCUT2D eigenvalue weighted by molar-refractivity contribution is 7.99. The molecule has 2 aromatic heterocycles. The molecule has 2 heterocycles. The molecule has 0 aliphatic rings. The second-order valence-electron chi connectivity index (χ2n) is 3.96. The Morgan fingerprint density at radius 1 is 1.37 bits per heavy atom. The van der Waals surface area contributed by atoms with Crippen molar-refractivity contribution in [2.75, 3.05) is 16.8 Å². The van der Waals surface area contributed by atoms with Crippen molar-refractivity contribution >= 4 is 23.4 Å². The van der Waals surface area contributed by atoms with Gasteiger partial charge in [0.05, 0.1) is 18.5 Å². The summed E-state index contributed by atoms with van der Waals surface area (Å²) in [4.78, 5) is 12.6. The van der Waals surface area contributed by atoms with Crippen molar-refractivity contribution in [1.29, 1.82) is 0 Å². The summed E-state index contributed by atoms with van der Waals surface area (Å²) in [7, 11) is 0. The van der Waals surface area contributed by atoms with E-state index in [0.717, 1.165) is 24.3 Å². The van der Waals surface area contributed by atoms with Crippen molar-refractivity contribution in [3.63, 3.8) is 0 Å². The smallest absolute Gasteiger partial charge is 0.224 e. The van der Waals surface area contributed by atoms with Gasteiger partial charge in [-0.1, -0.05) is 25.1 Å². The van der Waals surface area contributed by atoms with Crippen LogP contribution in [0.5, 0.6) is 0 Å². The van der Waals surface area contributed by atoms with Crippen molar-refractivity contribution in [3.8, 4) is 0 Å². The molecule has 7 heteroatoms. The number of aromatic nitrogens is 3. The van der Waals surface area contributed by atoms with Crippen molar-refractivity contribution in [3.05, 3.63) is 24.4 Å². The molecule has 0 spiro atoms. The molecule has 19 heavy (non-hydrogen) atoms. The molecule has 0 bridgehead atoms. The zero-order valence-corrected chi connectivity index (χ0v) is 11.6. The van der Waals surface area contributed by atoms with Gasteiger partial charge in [0.15, 0.2) is 11.0 Å². The van der Waals surface area contributed by atoms with Crippen LogP contribution in [0.4, 0.5) is 11.6 Å². The second-order valence-corrected chi connectivity index (χ2v) is 5.02. The number of nitrogen functional groups attached to an aromatic ring is 1. The van der Waals surface area contributed by atoms with Gasteiger partial charge in [-0.05, 0) is 12.5 Å². The lowest BCUT2D eigenvalue weighted by Gasteiger charge is -2.05. The fraction of sp³-hybridized carbons (Fsp3) is 0.417. The molecule has 0 saturated heterocycles. The van der Waals surface area contributed by atoms with Gasteiger partial charge in [-0.25, -0.2) is 4.98 Å². The third-order valence-corrected chi connectivity index (χ3v) is 3.31. The van der Waals surface area contributed by atoms with E-state index in [0.29, 0.717) is 17.5 Å². The summed E-state index contributed by atoms with van der Waals surface area (Å²) in [5, 5.41) is 3.84.